The van der Waals surface area contributed by atoms with Crippen molar-refractivity contribution in [3.8, 4) is 6.07 Å². The highest BCUT2D eigenvalue weighted by atomic mass is 16.5. The summed E-state index contributed by atoms with van der Waals surface area (Å²) in [6, 6.07) is 8.20. The highest BCUT2D eigenvalue weighted by Crippen LogP contribution is 2.16. The monoisotopic (exact) mass is 284 g/mol. The molecule has 1 heterocycles. The summed E-state index contributed by atoms with van der Waals surface area (Å²) in [5, 5.41) is 15.3. The van der Waals surface area contributed by atoms with Gasteiger partial charge in [0.05, 0.1) is 24.4 Å². The summed E-state index contributed by atoms with van der Waals surface area (Å²) < 4.78 is 6.00. The van der Waals surface area contributed by atoms with Crippen LogP contribution < -0.4 is 5.32 Å². The molecule has 1 aromatic carbocycles. The normalized spacial score (nSPS) is 9.76. The Labute approximate surface area is 120 Å². The molecule has 2 aromatic rings. The molecule has 1 amide bonds. The lowest BCUT2D eigenvalue weighted by molar-refractivity contribution is 0.0594. The second-order valence-electron chi connectivity index (χ2n) is 4.20. The van der Waals surface area contributed by atoms with E-state index in [4.69, 9.17) is 5.26 Å². The number of carbonyl (C=O) groups is 2. The zero-order chi connectivity index (χ0) is 15.4. The van der Waals surface area contributed by atoms with E-state index in [-0.39, 0.29) is 11.4 Å². The van der Waals surface area contributed by atoms with Crippen molar-refractivity contribution in [1.82, 2.24) is 9.78 Å². The van der Waals surface area contributed by atoms with Gasteiger partial charge in [-0.1, -0.05) is 6.07 Å². The van der Waals surface area contributed by atoms with Crippen molar-refractivity contribution in [2.24, 2.45) is 7.05 Å². The van der Waals surface area contributed by atoms with Crippen molar-refractivity contribution in [1.29, 1.82) is 5.26 Å². The fourth-order valence-electron chi connectivity index (χ4n) is 1.75. The lowest BCUT2D eigenvalue weighted by Gasteiger charge is -2.04. The largest absolute Gasteiger partial charge is 0.464 e. The molecule has 0 unspecified atom stereocenters. The molecule has 1 N–H and O–H groups in total. The average Bonchev–Trinajstić information content (AvgIpc) is 2.87. The molecule has 0 atom stereocenters. The number of hydrogen-bond acceptors (Lipinski definition) is 5. The van der Waals surface area contributed by atoms with E-state index in [1.54, 1.807) is 25.2 Å². The third-order valence-electron chi connectivity index (χ3n) is 2.71. The molecule has 0 saturated carbocycles. The van der Waals surface area contributed by atoms with E-state index in [9.17, 15) is 9.59 Å². The number of nitriles is 1. The number of methoxy groups -OCH3 is 1. The van der Waals surface area contributed by atoms with E-state index in [1.165, 1.54) is 24.1 Å². The van der Waals surface area contributed by atoms with E-state index in [1.807, 2.05) is 6.07 Å². The molecule has 7 heteroatoms. The van der Waals surface area contributed by atoms with Crippen LogP contribution in [0.25, 0.3) is 0 Å². The minimum atomic E-state index is -0.642. The summed E-state index contributed by atoms with van der Waals surface area (Å²) in [4.78, 5) is 23.7. The fraction of sp³-hybridized carbons (Fsp3) is 0.143. The fourth-order valence-corrected chi connectivity index (χ4v) is 1.75. The number of hydrogen-bond donors (Lipinski definition) is 1. The number of aromatic nitrogens is 2. The third-order valence-corrected chi connectivity index (χ3v) is 2.71. The first-order chi connectivity index (χ1) is 10.0. The predicted octanol–water partition coefficient (Wildman–Crippen LogP) is 1.33. The molecule has 0 spiro atoms. The molecule has 0 aliphatic heterocycles. The Hall–Kier alpha value is -3.14. The molecule has 21 heavy (non-hydrogen) atoms. The summed E-state index contributed by atoms with van der Waals surface area (Å²) in [5.74, 6) is -1.08. The van der Waals surface area contributed by atoms with E-state index < -0.39 is 11.9 Å². The quantitative estimate of drug-likeness (QED) is 0.857. The first kappa shape index (κ1) is 14.3. The van der Waals surface area contributed by atoms with Crippen molar-refractivity contribution < 1.29 is 14.3 Å². The van der Waals surface area contributed by atoms with Crippen LogP contribution in [0.1, 0.15) is 26.4 Å². The molecule has 106 valence electrons. The molecule has 0 aliphatic rings. The Morgan fingerprint density at radius 1 is 1.43 bits per heavy atom. The molecule has 1 aromatic heterocycles. The number of esters is 1. The van der Waals surface area contributed by atoms with Crippen LogP contribution in [0.2, 0.25) is 0 Å². The second kappa shape index (κ2) is 5.88. The number of nitrogens with zero attached hydrogens (tertiary/aromatic N) is 3. The van der Waals surface area contributed by atoms with Gasteiger partial charge in [0.25, 0.3) is 5.91 Å². The number of carbonyl (C=O) groups excluding carboxylic acids is 2. The lowest BCUT2D eigenvalue weighted by atomic mass is 10.1. The zero-order valence-electron chi connectivity index (χ0n) is 11.5. The third kappa shape index (κ3) is 3.06. The number of nitrogens with one attached hydrogen (secondary N) is 1. The van der Waals surface area contributed by atoms with Gasteiger partial charge in [-0.15, -0.1) is 0 Å². The van der Waals surface area contributed by atoms with Gasteiger partial charge in [0.15, 0.2) is 5.69 Å². The Balaban J connectivity index is 2.27. The number of aryl methyl sites for hydroxylation is 1. The van der Waals surface area contributed by atoms with E-state index in [0.29, 0.717) is 11.1 Å². The summed E-state index contributed by atoms with van der Waals surface area (Å²) in [7, 11) is 2.86. The van der Waals surface area contributed by atoms with Crippen LogP contribution in [-0.4, -0.2) is 28.8 Å². The minimum absolute atomic E-state index is 0.0183. The molecule has 0 radical (unpaired) electrons. The number of ether oxygens (including phenoxy) is 1. The first-order valence-electron chi connectivity index (χ1n) is 5.98. The van der Waals surface area contributed by atoms with Gasteiger partial charge in [0, 0.05) is 18.8 Å². The van der Waals surface area contributed by atoms with Crippen molar-refractivity contribution in [3.63, 3.8) is 0 Å². The SMILES string of the molecule is COC(=O)c1nn(C)cc1NC(=O)c1cccc(C#N)c1. The zero-order valence-corrected chi connectivity index (χ0v) is 11.5. The Morgan fingerprint density at radius 3 is 2.86 bits per heavy atom. The van der Waals surface area contributed by atoms with Gasteiger partial charge >= 0.3 is 5.97 Å². The van der Waals surface area contributed by atoms with Crippen LogP contribution in [0.4, 0.5) is 5.69 Å². The van der Waals surface area contributed by atoms with Gasteiger partial charge in [-0.25, -0.2) is 4.79 Å². The molecule has 0 saturated heterocycles. The van der Waals surface area contributed by atoms with Crippen LogP contribution in [0.5, 0.6) is 0 Å². The van der Waals surface area contributed by atoms with E-state index in [0.717, 1.165) is 0 Å². The van der Waals surface area contributed by atoms with Crippen molar-refractivity contribution in [3.05, 3.63) is 47.3 Å². The topological polar surface area (TPSA) is 97.0 Å². The van der Waals surface area contributed by atoms with E-state index >= 15 is 0 Å². The van der Waals surface area contributed by atoms with Crippen molar-refractivity contribution in [2.45, 2.75) is 0 Å². The number of rotatable bonds is 3. The van der Waals surface area contributed by atoms with Gasteiger partial charge in [0.1, 0.15) is 0 Å². The van der Waals surface area contributed by atoms with Crippen LogP contribution in [-0.2, 0) is 11.8 Å². The highest BCUT2D eigenvalue weighted by molar-refractivity contribution is 6.07. The van der Waals surface area contributed by atoms with Crippen LogP contribution >= 0.6 is 0 Å². The molecular weight excluding hydrogens is 272 g/mol. The molecule has 0 bridgehead atoms. The van der Waals surface area contributed by atoms with Gasteiger partial charge in [-0.3, -0.25) is 9.48 Å². The van der Waals surface area contributed by atoms with Crippen molar-refractivity contribution in [2.75, 3.05) is 12.4 Å². The van der Waals surface area contributed by atoms with Gasteiger partial charge in [0.2, 0.25) is 0 Å². The lowest BCUT2D eigenvalue weighted by Crippen LogP contribution is -2.14. The Kier molecular flexibility index (Phi) is 4.00. The maximum Gasteiger partial charge on any atom is 0.360 e. The Morgan fingerprint density at radius 2 is 2.19 bits per heavy atom. The van der Waals surface area contributed by atoms with Gasteiger partial charge in [-0.05, 0) is 18.2 Å². The maximum absolute atomic E-state index is 12.1. The summed E-state index contributed by atoms with van der Waals surface area (Å²) >= 11 is 0. The molecule has 7 nitrogen and oxygen atoms in total. The number of benzene rings is 1. The van der Waals surface area contributed by atoms with Gasteiger partial charge in [-0.2, -0.15) is 10.4 Å². The summed E-state index contributed by atoms with van der Waals surface area (Å²) in [5.41, 5.74) is 0.956. The average molecular weight is 284 g/mol. The molecule has 2 rings (SSSR count). The summed E-state index contributed by atoms with van der Waals surface area (Å²) in [6.07, 6.45) is 1.50. The minimum Gasteiger partial charge on any atom is -0.464 e. The van der Waals surface area contributed by atoms with E-state index in [2.05, 4.69) is 15.2 Å². The summed E-state index contributed by atoms with van der Waals surface area (Å²) in [6.45, 7) is 0. The standard InChI is InChI=1S/C14H12N4O3/c1-18-8-11(12(17-18)14(20)21-2)16-13(19)10-5-3-4-9(6-10)7-15/h3-6,8H,1-2H3,(H,16,19). The van der Waals surface area contributed by atoms with Crippen LogP contribution in [0.3, 0.4) is 0 Å². The molecule has 0 aliphatic carbocycles. The second-order valence-corrected chi connectivity index (χ2v) is 4.20. The molecule has 0 fully saturated rings. The van der Waals surface area contributed by atoms with Gasteiger partial charge < -0.3 is 10.1 Å². The Bertz CT molecular complexity index is 743. The highest BCUT2D eigenvalue weighted by Gasteiger charge is 2.19. The molecular formula is C14H12N4O3. The predicted molar refractivity (Wildman–Crippen MR) is 73.7 cm³/mol. The van der Waals surface area contributed by atoms with Crippen LogP contribution in [0, 0.1) is 11.3 Å². The number of amides is 1. The van der Waals surface area contributed by atoms with Crippen molar-refractivity contribution >= 4 is 17.6 Å². The first-order valence-corrected chi connectivity index (χ1v) is 5.98. The number of anilines is 1. The maximum atomic E-state index is 12.1. The smallest absolute Gasteiger partial charge is 0.360 e. The van der Waals surface area contributed by atoms with Crippen LogP contribution in [0.15, 0.2) is 30.5 Å².